The third-order valence-electron chi connectivity index (χ3n) is 3.93. The van der Waals surface area contributed by atoms with Crippen LogP contribution in [0.1, 0.15) is 47.5 Å². The van der Waals surface area contributed by atoms with Crippen LogP contribution in [0.5, 0.6) is 0 Å². The fourth-order valence-electron chi connectivity index (χ4n) is 1.70. The fraction of sp³-hybridized carbons (Fsp3) is 1.00. The van der Waals surface area contributed by atoms with E-state index in [1.165, 1.54) is 25.9 Å². The molecule has 1 saturated heterocycles. The molecular formula is C13H27NO. The van der Waals surface area contributed by atoms with Crippen LogP contribution in [0, 0.1) is 5.41 Å². The molecule has 2 nitrogen and oxygen atoms in total. The molecule has 0 N–H and O–H groups in total. The summed E-state index contributed by atoms with van der Waals surface area (Å²) in [6.45, 7) is 13.5. The van der Waals surface area contributed by atoms with E-state index in [0.717, 1.165) is 0 Å². The number of piperidine rings is 1. The van der Waals surface area contributed by atoms with E-state index in [9.17, 15) is 0 Å². The van der Waals surface area contributed by atoms with Crippen LogP contribution in [0.3, 0.4) is 0 Å². The molecule has 0 saturated carbocycles. The molecule has 1 heterocycles. The molecule has 0 amide bonds. The number of rotatable bonds is 2. The van der Waals surface area contributed by atoms with Gasteiger partial charge in [-0.05, 0) is 39.2 Å². The molecule has 0 aliphatic carbocycles. The summed E-state index contributed by atoms with van der Waals surface area (Å²) in [5.74, 6) is 0. The highest BCUT2D eigenvalue weighted by Crippen LogP contribution is 2.35. The zero-order chi connectivity index (χ0) is 11.7. The SMILES string of the molecule is CN1CCC(OC(C)(C)C(C)(C)C)CC1. The Hall–Kier alpha value is -0.0800. The van der Waals surface area contributed by atoms with Crippen LogP contribution >= 0.6 is 0 Å². The van der Waals surface area contributed by atoms with Gasteiger partial charge < -0.3 is 9.64 Å². The van der Waals surface area contributed by atoms with Gasteiger partial charge in [0.25, 0.3) is 0 Å². The lowest BCUT2D eigenvalue weighted by Gasteiger charge is -2.43. The first kappa shape index (κ1) is 13.0. The molecule has 1 rings (SSSR count). The van der Waals surface area contributed by atoms with Crippen molar-refractivity contribution in [1.29, 1.82) is 0 Å². The van der Waals surface area contributed by atoms with Gasteiger partial charge in [0.1, 0.15) is 0 Å². The first-order chi connectivity index (χ1) is 6.72. The predicted molar refractivity (Wildman–Crippen MR) is 65.1 cm³/mol. The van der Waals surface area contributed by atoms with Crippen LogP contribution in [0.15, 0.2) is 0 Å². The van der Waals surface area contributed by atoms with Crippen LogP contribution in [-0.2, 0) is 4.74 Å². The monoisotopic (exact) mass is 213 g/mol. The van der Waals surface area contributed by atoms with Gasteiger partial charge in [0.2, 0.25) is 0 Å². The van der Waals surface area contributed by atoms with Gasteiger partial charge in [0.15, 0.2) is 0 Å². The molecule has 0 unspecified atom stereocenters. The molecule has 0 radical (unpaired) electrons. The largest absolute Gasteiger partial charge is 0.372 e. The minimum Gasteiger partial charge on any atom is -0.372 e. The van der Waals surface area contributed by atoms with E-state index in [4.69, 9.17) is 4.74 Å². The van der Waals surface area contributed by atoms with E-state index in [1.54, 1.807) is 0 Å². The molecule has 0 atom stereocenters. The summed E-state index contributed by atoms with van der Waals surface area (Å²) >= 11 is 0. The van der Waals surface area contributed by atoms with E-state index < -0.39 is 0 Å². The lowest BCUT2D eigenvalue weighted by atomic mass is 9.79. The summed E-state index contributed by atoms with van der Waals surface area (Å²) in [6.07, 6.45) is 2.81. The zero-order valence-corrected chi connectivity index (χ0v) is 11.3. The number of hydrogen-bond donors (Lipinski definition) is 0. The summed E-state index contributed by atoms with van der Waals surface area (Å²) in [4.78, 5) is 2.38. The summed E-state index contributed by atoms with van der Waals surface area (Å²) in [5.41, 5.74) is 0.171. The van der Waals surface area contributed by atoms with E-state index in [2.05, 4.69) is 46.6 Å². The van der Waals surface area contributed by atoms with Crippen LogP contribution in [0.2, 0.25) is 0 Å². The Morgan fingerprint density at radius 1 is 1.00 bits per heavy atom. The number of hydrogen-bond acceptors (Lipinski definition) is 2. The van der Waals surface area contributed by atoms with Gasteiger partial charge in [0, 0.05) is 13.1 Å². The molecule has 0 aromatic rings. The highest BCUT2D eigenvalue weighted by atomic mass is 16.5. The highest BCUT2D eigenvalue weighted by Gasteiger charge is 2.36. The van der Waals surface area contributed by atoms with Crippen molar-refractivity contribution in [2.45, 2.75) is 59.2 Å². The van der Waals surface area contributed by atoms with Crippen molar-refractivity contribution in [2.75, 3.05) is 20.1 Å². The van der Waals surface area contributed by atoms with Crippen molar-refractivity contribution in [3.8, 4) is 0 Å². The van der Waals surface area contributed by atoms with Crippen LogP contribution in [0.4, 0.5) is 0 Å². The Morgan fingerprint density at radius 2 is 1.47 bits per heavy atom. The first-order valence-electron chi connectivity index (χ1n) is 6.09. The Bertz CT molecular complexity index is 197. The Balaban J connectivity index is 2.48. The maximum absolute atomic E-state index is 6.26. The topological polar surface area (TPSA) is 12.5 Å². The molecule has 2 heteroatoms. The average molecular weight is 213 g/mol. The Kier molecular flexibility index (Phi) is 3.83. The number of ether oxygens (including phenoxy) is 1. The molecule has 1 aliphatic heterocycles. The highest BCUT2D eigenvalue weighted by molar-refractivity contribution is 4.86. The molecule has 0 spiro atoms. The third-order valence-corrected chi connectivity index (χ3v) is 3.93. The minimum absolute atomic E-state index is 0.0341. The maximum atomic E-state index is 6.26. The van der Waals surface area contributed by atoms with Gasteiger partial charge in [-0.3, -0.25) is 0 Å². The van der Waals surface area contributed by atoms with E-state index in [1.807, 2.05) is 0 Å². The lowest BCUT2D eigenvalue weighted by molar-refractivity contribution is -0.142. The van der Waals surface area contributed by atoms with Crippen LogP contribution in [0.25, 0.3) is 0 Å². The van der Waals surface area contributed by atoms with Crippen molar-refractivity contribution < 1.29 is 4.74 Å². The Labute approximate surface area is 95.0 Å². The summed E-state index contributed by atoms with van der Waals surface area (Å²) in [7, 11) is 2.19. The molecular weight excluding hydrogens is 186 g/mol. The molecule has 15 heavy (non-hydrogen) atoms. The van der Waals surface area contributed by atoms with Crippen LogP contribution < -0.4 is 0 Å². The summed E-state index contributed by atoms with van der Waals surface area (Å²) in [6, 6.07) is 0. The second-order valence-electron chi connectivity index (χ2n) is 6.38. The van der Waals surface area contributed by atoms with E-state index >= 15 is 0 Å². The van der Waals surface area contributed by atoms with Gasteiger partial charge in [-0.15, -0.1) is 0 Å². The van der Waals surface area contributed by atoms with Gasteiger partial charge in [-0.2, -0.15) is 0 Å². The van der Waals surface area contributed by atoms with Crippen molar-refractivity contribution >= 4 is 0 Å². The molecule has 1 fully saturated rings. The normalized spacial score (nSPS) is 22.0. The average Bonchev–Trinajstić information content (AvgIpc) is 2.06. The maximum Gasteiger partial charge on any atom is 0.0678 e. The zero-order valence-electron chi connectivity index (χ0n) is 11.3. The quantitative estimate of drug-likeness (QED) is 0.699. The van der Waals surface area contributed by atoms with E-state index in [0.29, 0.717) is 6.10 Å². The predicted octanol–water partition coefficient (Wildman–Crippen LogP) is 2.92. The van der Waals surface area contributed by atoms with Gasteiger partial charge in [-0.25, -0.2) is 0 Å². The molecule has 0 aromatic carbocycles. The third kappa shape index (κ3) is 3.46. The fourth-order valence-corrected chi connectivity index (χ4v) is 1.70. The molecule has 1 aliphatic rings. The first-order valence-corrected chi connectivity index (χ1v) is 6.09. The smallest absolute Gasteiger partial charge is 0.0678 e. The van der Waals surface area contributed by atoms with Crippen molar-refractivity contribution in [3.63, 3.8) is 0 Å². The minimum atomic E-state index is -0.0341. The Morgan fingerprint density at radius 3 is 1.87 bits per heavy atom. The van der Waals surface area contributed by atoms with Gasteiger partial charge in [0.05, 0.1) is 11.7 Å². The second kappa shape index (κ2) is 4.42. The number of nitrogens with zero attached hydrogens (tertiary/aromatic N) is 1. The second-order valence-corrected chi connectivity index (χ2v) is 6.38. The molecule has 0 aromatic heterocycles. The lowest BCUT2D eigenvalue weighted by Crippen LogP contribution is -2.45. The van der Waals surface area contributed by atoms with E-state index in [-0.39, 0.29) is 11.0 Å². The number of likely N-dealkylation sites (tertiary alicyclic amines) is 1. The summed E-state index contributed by atoms with van der Waals surface area (Å²) in [5, 5.41) is 0. The standard InChI is InChI=1S/C13H27NO/c1-12(2,3)13(4,5)15-11-7-9-14(6)10-8-11/h11H,7-10H2,1-6H3. The molecule has 90 valence electrons. The van der Waals surface area contributed by atoms with Crippen molar-refractivity contribution in [2.24, 2.45) is 5.41 Å². The van der Waals surface area contributed by atoms with Crippen LogP contribution in [-0.4, -0.2) is 36.7 Å². The van der Waals surface area contributed by atoms with Crippen molar-refractivity contribution in [3.05, 3.63) is 0 Å². The van der Waals surface area contributed by atoms with Gasteiger partial charge in [-0.1, -0.05) is 20.8 Å². The van der Waals surface area contributed by atoms with Crippen molar-refractivity contribution in [1.82, 2.24) is 4.90 Å². The summed E-state index contributed by atoms with van der Waals surface area (Å²) < 4.78 is 6.26. The van der Waals surface area contributed by atoms with Gasteiger partial charge >= 0.3 is 0 Å². The molecule has 0 bridgehead atoms.